The predicted octanol–water partition coefficient (Wildman–Crippen LogP) is 5.95. The average Bonchev–Trinajstić information content (AvgIpc) is 2.73. The van der Waals surface area contributed by atoms with E-state index in [1.54, 1.807) is 30.3 Å². The molecule has 0 aliphatic carbocycles. The zero-order valence-electron chi connectivity index (χ0n) is 17.1. The minimum absolute atomic E-state index is 0.00310. The number of nitrogens with zero attached hydrogens (tertiary/aromatic N) is 2. The Morgan fingerprint density at radius 1 is 0.970 bits per heavy atom. The van der Waals surface area contributed by atoms with E-state index in [0.29, 0.717) is 15.6 Å². The highest BCUT2D eigenvalue weighted by Crippen LogP contribution is 2.29. The number of hydrogen-bond donors (Lipinski definition) is 1. The van der Waals surface area contributed by atoms with Crippen molar-refractivity contribution in [3.8, 4) is 0 Å². The Morgan fingerprint density at radius 2 is 1.55 bits per heavy atom. The average molecular weight is 545 g/mol. The van der Waals surface area contributed by atoms with Crippen LogP contribution in [0.5, 0.6) is 0 Å². The molecule has 0 aliphatic rings. The fourth-order valence-corrected chi connectivity index (χ4v) is 5.22. The second kappa shape index (κ2) is 10.8. The Kier molecular flexibility index (Phi) is 8.26. The Bertz CT molecular complexity index is 1270. The fourth-order valence-electron chi connectivity index (χ4n) is 2.80. The van der Waals surface area contributed by atoms with Gasteiger partial charge in [0.2, 0.25) is 0 Å². The van der Waals surface area contributed by atoms with Gasteiger partial charge in [0.15, 0.2) is 0 Å². The highest BCUT2D eigenvalue weighted by Gasteiger charge is 2.27. The molecule has 0 aromatic heterocycles. The summed E-state index contributed by atoms with van der Waals surface area (Å²) in [5.74, 6) is -0.707. The summed E-state index contributed by atoms with van der Waals surface area (Å²) in [4.78, 5) is 12.6. The topological polar surface area (TPSA) is 78.8 Å². The van der Waals surface area contributed by atoms with Crippen LogP contribution >= 0.6 is 46.4 Å². The van der Waals surface area contributed by atoms with Crippen LogP contribution in [-0.4, -0.2) is 27.1 Å². The highest BCUT2D eigenvalue weighted by atomic mass is 35.5. The summed E-state index contributed by atoms with van der Waals surface area (Å²) in [5, 5.41) is 4.97. The number of aryl methyl sites for hydroxylation is 1. The molecule has 0 spiro atoms. The number of hydrazone groups is 1. The number of benzene rings is 3. The molecule has 0 saturated carbocycles. The number of anilines is 1. The predicted molar refractivity (Wildman–Crippen MR) is 134 cm³/mol. The van der Waals surface area contributed by atoms with Gasteiger partial charge in [-0.15, -0.1) is 0 Å². The van der Waals surface area contributed by atoms with Gasteiger partial charge < -0.3 is 0 Å². The van der Waals surface area contributed by atoms with E-state index in [-0.39, 0.29) is 20.6 Å². The van der Waals surface area contributed by atoms with Gasteiger partial charge in [0, 0.05) is 15.6 Å². The molecule has 1 amide bonds. The van der Waals surface area contributed by atoms with Gasteiger partial charge in [0.1, 0.15) is 6.54 Å². The molecule has 0 heterocycles. The van der Waals surface area contributed by atoms with Gasteiger partial charge in [-0.1, -0.05) is 70.2 Å². The van der Waals surface area contributed by atoms with E-state index in [1.165, 1.54) is 36.5 Å². The van der Waals surface area contributed by atoms with E-state index >= 15 is 0 Å². The third-order valence-electron chi connectivity index (χ3n) is 4.41. The molecule has 0 atom stereocenters. The van der Waals surface area contributed by atoms with Crippen LogP contribution in [0.2, 0.25) is 20.1 Å². The molecule has 3 aromatic carbocycles. The lowest BCUT2D eigenvalue weighted by Crippen LogP contribution is -2.39. The first kappa shape index (κ1) is 25.3. The van der Waals surface area contributed by atoms with Crippen molar-refractivity contribution in [2.45, 2.75) is 11.8 Å². The maximum absolute atomic E-state index is 13.4. The third kappa shape index (κ3) is 6.40. The van der Waals surface area contributed by atoms with Gasteiger partial charge in [-0.3, -0.25) is 9.10 Å². The lowest BCUT2D eigenvalue weighted by molar-refractivity contribution is -0.119. The van der Waals surface area contributed by atoms with Crippen molar-refractivity contribution >= 4 is 74.2 Å². The first-order chi connectivity index (χ1) is 15.6. The van der Waals surface area contributed by atoms with Crippen LogP contribution in [0.4, 0.5) is 5.69 Å². The Labute approximate surface area is 211 Å². The lowest BCUT2D eigenvalue weighted by atomic mass is 10.2. The van der Waals surface area contributed by atoms with Crippen LogP contribution in [0.15, 0.2) is 70.7 Å². The van der Waals surface area contributed by atoms with Crippen molar-refractivity contribution < 1.29 is 13.2 Å². The standard InChI is InChI=1S/C22H17Cl4N3O3S/c1-14-5-7-18(8-6-14)33(31,32)29(17-10-15(23)9-16(24)11-17)13-22(30)28-27-12-19-20(25)3-2-4-21(19)26/h2-12H,13H2,1H3,(H,28,30)/b27-12-. The minimum atomic E-state index is -4.13. The number of amides is 1. The number of halogens is 4. The number of carbonyl (C=O) groups excluding carboxylic acids is 1. The quantitative estimate of drug-likeness (QED) is 0.294. The molecule has 0 radical (unpaired) electrons. The number of nitrogens with one attached hydrogen (secondary N) is 1. The number of rotatable bonds is 7. The van der Waals surface area contributed by atoms with Gasteiger partial charge in [-0.25, -0.2) is 13.8 Å². The van der Waals surface area contributed by atoms with Crippen molar-refractivity contribution in [2.24, 2.45) is 5.10 Å². The molecule has 0 aliphatic heterocycles. The molecule has 1 N–H and O–H groups in total. The SMILES string of the molecule is Cc1ccc(S(=O)(=O)N(CC(=O)N/N=C\c2c(Cl)cccc2Cl)c2cc(Cl)cc(Cl)c2)cc1. The second-order valence-electron chi connectivity index (χ2n) is 6.88. The van der Waals surface area contributed by atoms with Gasteiger partial charge in [0.05, 0.1) is 26.8 Å². The van der Waals surface area contributed by atoms with E-state index in [2.05, 4.69) is 10.5 Å². The van der Waals surface area contributed by atoms with E-state index in [0.717, 1.165) is 9.87 Å². The summed E-state index contributed by atoms with van der Waals surface area (Å²) in [6.45, 7) is 1.25. The maximum Gasteiger partial charge on any atom is 0.264 e. The highest BCUT2D eigenvalue weighted by molar-refractivity contribution is 7.92. The fraction of sp³-hybridized carbons (Fsp3) is 0.0909. The van der Waals surface area contributed by atoms with Crippen molar-refractivity contribution in [1.29, 1.82) is 0 Å². The van der Waals surface area contributed by atoms with Crippen LogP contribution in [0, 0.1) is 6.92 Å². The van der Waals surface area contributed by atoms with Crippen molar-refractivity contribution in [2.75, 3.05) is 10.8 Å². The first-order valence-electron chi connectivity index (χ1n) is 9.39. The van der Waals surface area contributed by atoms with E-state index in [9.17, 15) is 13.2 Å². The van der Waals surface area contributed by atoms with Crippen molar-refractivity contribution in [3.05, 3.63) is 91.9 Å². The van der Waals surface area contributed by atoms with E-state index in [1.807, 2.05) is 6.92 Å². The Morgan fingerprint density at radius 3 is 2.12 bits per heavy atom. The van der Waals surface area contributed by atoms with Crippen LogP contribution in [0.3, 0.4) is 0 Å². The summed E-state index contributed by atoms with van der Waals surface area (Å²) in [7, 11) is -4.13. The van der Waals surface area contributed by atoms with Crippen molar-refractivity contribution in [1.82, 2.24) is 5.43 Å². The van der Waals surface area contributed by atoms with Crippen LogP contribution in [0.25, 0.3) is 0 Å². The van der Waals surface area contributed by atoms with Crippen LogP contribution in [-0.2, 0) is 14.8 Å². The normalized spacial score (nSPS) is 11.5. The molecule has 0 unspecified atom stereocenters. The third-order valence-corrected chi connectivity index (χ3v) is 7.30. The van der Waals surface area contributed by atoms with Gasteiger partial charge in [-0.05, 0) is 49.4 Å². The molecule has 0 fully saturated rings. The Balaban J connectivity index is 1.90. The van der Waals surface area contributed by atoms with Gasteiger partial charge in [-0.2, -0.15) is 5.10 Å². The van der Waals surface area contributed by atoms with E-state index < -0.39 is 22.5 Å². The number of carbonyl (C=O) groups is 1. The maximum atomic E-state index is 13.4. The zero-order chi connectivity index (χ0) is 24.2. The van der Waals surface area contributed by atoms with Gasteiger partial charge >= 0.3 is 0 Å². The summed E-state index contributed by atoms with van der Waals surface area (Å²) in [6.07, 6.45) is 1.28. The monoisotopic (exact) mass is 543 g/mol. The summed E-state index contributed by atoms with van der Waals surface area (Å²) in [6, 6.07) is 15.4. The molecular weight excluding hydrogens is 528 g/mol. The molecule has 33 heavy (non-hydrogen) atoms. The largest absolute Gasteiger partial charge is 0.271 e. The smallest absolute Gasteiger partial charge is 0.264 e. The molecular formula is C22H17Cl4N3O3S. The molecule has 3 rings (SSSR count). The zero-order valence-corrected chi connectivity index (χ0v) is 20.9. The van der Waals surface area contributed by atoms with Crippen LogP contribution < -0.4 is 9.73 Å². The number of hydrogen-bond acceptors (Lipinski definition) is 4. The first-order valence-corrected chi connectivity index (χ1v) is 12.3. The molecule has 3 aromatic rings. The summed E-state index contributed by atoms with van der Waals surface area (Å²) < 4.78 is 27.7. The Hall–Kier alpha value is -2.29. The number of sulfonamides is 1. The summed E-state index contributed by atoms with van der Waals surface area (Å²) >= 11 is 24.3. The molecule has 6 nitrogen and oxygen atoms in total. The van der Waals surface area contributed by atoms with Gasteiger partial charge in [0.25, 0.3) is 15.9 Å². The van der Waals surface area contributed by atoms with Crippen molar-refractivity contribution in [3.63, 3.8) is 0 Å². The molecule has 0 saturated heterocycles. The molecule has 11 heteroatoms. The molecule has 0 bridgehead atoms. The second-order valence-corrected chi connectivity index (χ2v) is 10.4. The minimum Gasteiger partial charge on any atom is -0.271 e. The molecule has 172 valence electrons. The summed E-state index contributed by atoms with van der Waals surface area (Å²) in [5.41, 5.74) is 3.71. The lowest BCUT2D eigenvalue weighted by Gasteiger charge is -2.24. The van der Waals surface area contributed by atoms with Crippen LogP contribution in [0.1, 0.15) is 11.1 Å². The van der Waals surface area contributed by atoms with E-state index in [4.69, 9.17) is 46.4 Å².